The SMILES string of the molecule is CC(CO)CSC(C)C(=O)NCc1ccco1. The lowest BCUT2D eigenvalue weighted by Gasteiger charge is -2.13. The molecule has 2 atom stereocenters. The Balaban J connectivity index is 2.22. The van der Waals surface area contributed by atoms with Crippen LogP contribution in [-0.4, -0.2) is 28.6 Å². The number of nitrogens with one attached hydrogen (secondary N) is 1. The Morgan fingerprint density at radius 2 is 2.35 bits per heavy atom. The van der Waals surface area contributed by atoms with E-state index >= 15 is 0 Å². The molecule has 2 N–H and O–H groups in total. The maximum atomic E-state index is 11.7. The van der Waals surface area contributed by atoms with Gasteiger partial charge in [0.2, 0.25) is 5.91 Å². The van der Waals surface area contributed by atoms with Gasteiger partial charge in [-0.05, 0) is 30.7 Å². The molecule has 0 fully saturated rings. The van der Waals surface area contributed by atoms with Gasteiger partial charge in [-0.3, -0.25) is 4.79 Å². The van der Waals surface area contributed by atoms with E-state index in [9.17, 15) is 4.79 Å². The van der Waals surface area contributed by atoms with Crippen LogP contribution in [0.3, 0.4) is 0 Å². The molecule has 17 heavy (non-hydrogen) atoms. The van der Waals surface area contributed by atoms with Crippen molar-refractivity contribution in [1.29, 1.82) is 0 Å². The molecule has 0 aliphatic rings. The number of hydrogen-bond donors (Lipinski definition) is 2. The predicted molar refractivity (Wildman–Crippen MR) is 68.7 cm³/mol. The Morgan fingerprint density at radius 1 is 1.59 bits per heavy atom. The van der Waals surface area contributed by atoms with Gasteiger partial charge in [-0.2, -0.15) is 0 Å². The number of carbonyl (C=O) groups excluding carboxylic acids is 1. The number of rotatable bonds is 7. The van der Waals surface area contributed by atoms with E-state index in [4.69, 9.17) is 9.52 Å². The minimum atomic E-state index is -0.112. The lowest BCUT2D eigenvalue weighted by atomic mass is 10.2. The van der Waals surface area contributed by atoms with Crippen LogP contribution >= 0.6 is 11.8 Å². The van der Waals surface area contributed by atoms with Crippen molar-refractivity contribution in [2.45, 2.75) is 25.6 Å². The Bertz CT molecular complexity index is 327. The molecule has 1 aromatic rings. The largest absolute Gasteiger partial charge is 0.467 e. The minimum absolute atomic E-state index is 0.00320. The van der Waals surface area contributed by atoms with Gasteiger partial charge in [0.1, 0.15) is 5.76 Å². The van der Waals surface area contributed by atoms with Crippen molar-refractivity contribution in [1.82, 2.24) is 5.32 Å². The van der Waals surface area contributed by atoms with Gasteiger partial charge in [0.25, 0.3) is 0 Å². The van der Waals surface area contributed by atoms with E-state index in [0.29, 0.717) is 6.54 Å². The van der Waals surface area contributed by atoms with E-state index in [1.165, 1.54) is 0 Å². The fourth-order valence-electron chi connectivity index (χ4n) is 1.17. The van der Waals surface area contributed by atoms with Gasteiger partial charge in [-0.15, -0.1) is 11.8 Å². The molecule has 2 unspecified atom stereocenters. The molecule has 1 aromatic heterocycles. The molecular weight excluding hydrogens is 238 g/mol. The maximum Gasteiger partial charge on any atom is 0.233 e. The first kappa shape index (κ1) is 14.1. The van der Waals surface area contributed by atoms with E-state index in [1.54, 1.807) is 24.1 Å². The molecule has 1 rings (SSSR count). The zero-order valence-corrected chi connectivity index (χ0v) is 11.0. The Kier molecular flexibility index (Phi) is 6.15. The Morgan fingerprint density at radius 3 is 2.94 bits per heavy atom. The van der Waals surface area contributed by atoms with E-state index < -0.39 is 0 Å². The van der Waals surface area contributed by atoms with Crippen LogP contribution in [0, 0.1) is 5.92 Å². The van der Waals surface area contributed by atoms with Crippen LogP contribution in [-0.2, 0) is 11.3 Å². The summed E-state index contributed by atoms with van der Waals surface area (Å²) < 4.78 is 5.12. The summed E-state index contributed by atoms with van der Waals surface area (Å²) in [5.41, 5.74) is 0. The molecule has 0 aliphatic carbocycles. The number of carbonyl (C=O) groups is 1. The minimum Gasteiger partial charge on any atom is -0.467 e. The second-order valence-corrected chi connectivity index (χ2v) is 5.43. The summed E-state index contributed by atoms with van der Waals surface area (Å²) in [4.78, 5) is 11.7. The fourth-order valence-corrected chi connectivity index (χ4v) is 2.13. The van der Waals surface area contributed by atoms with Crippen molar-refractivity contribution < 1.29 is 14.3 Å². The summed E-state index contributed by atoms with van der Waals surface area (Å²) in [5, 5.41) is 11.6. The smallest absolute Gasteiger partial charge is 0.233 e. The summed E-state index contributed by atoms with van der Waals surface area (Å²) in [6.45, 7) is 4.41. The van der Waals surface area contributed by atoms with Crippen molar-refractivity contribution in [3.8, 4) is 0 Å². The van der Waals surface area contributed by atoms with Gasteiger partial charge < -0.3 is 14.8 Å². The highest BCUT2D eigenvalue weighted by atomic mass is 32.2. The van der Waals surface area contributed by atoms with E-state index in [1.807, 2.05) is 19.9 Å². The molecule has 5 heteroatoms. The van der Waals surface area contributed by atoms with Gasteiger partial charge in [0.05, 0.1) is 18.1 Å². The number of thioether (sulfide) groups is 1. The third-order valence-electron chi connectivity index (χ3n) is 2.33. The third-order valence-corrected chi connectivity index (χ3v) is 3.80. The van der Waals surface area contributed by atoms with Gasteiger partial charge in [-0.1, -0.05) is 6.92 Å². The summed E-state index contributed by atoms with van der Waals surface area (Å²) >= 11 is 1.55. The van der Waals surface area contributed by atoms with Gasteiger partial charge in [0, 0.05) is 6.61 Å². The second-order valence-electron chi connectivity index (χ2n) is 4.06. The van der Waals surface area contributed by atoms with E-state index in [-0.39, 0.29) is 23.7 Å². The molecular formula is C12H19NO3S. The average Bonchev–Trinajstić information content (AvgIpc) is 2.85. The topological polar surface area (TPSA) is 62.5 Å². The Labute approximate surface area is 106 Å². The van der Waals surface area contributed by atoms with Gasteiger partial charge in [0.15, 0.2) is 0 Å². The molecule has 0 aromatic carbocycles. The van der Waals surface area contributed by atoms with Crippen LogP contribution in [0.4, 0.5) is 0 Å². The number of aliphatic hydroxyl groups excluding tert-OH is 1. The van der Waals surface area contributed by atoms with Crippen LogP contribution in [0.25, 0.3) is 0 Å². The van der Waals surface area contributed by atoms with Crippen molar-refractivity contribution in [2.75, 3.05) is 12.4 Å². The lowest BCUT2D eigenvalue weighted by molar-refractivity contribution is -0.120. The molecule has 96 valence electrons. The van der Waals surface area contributed by atoms with Crippen LogP contribution in [0.1, 0.15) is 19.6 Å². The van der Waals surface area contributed by atoms with Gasteiger partial charge >= 0.3 is 0 Å². The summed E-state index contributed by atoms with van der Waals surface area (Å²) in [6, 6.07) is 3.62. The zero-order valence-electron chi connectivity index (χ0n) is 10.2. The molecule has 1 heterocycles. The van der Waals surface area contributed by atoms with Crippen molar-refractivity contribution in [3.05, 3.63) is 24.2 Å². The van der Waals surface area contributed by atoms with Crippen molar-refractivity contribution >= 4 is 17.7 Å². The van der Waals surface area contributed by atoms with Crippen LogP contribution in [0.2, 0.25) is 0 Å². The van der Waals surface area contributed by atoms with E-state index in [2.05, 4.69) is 5.32 Å². The standard InChI is InChI=1S/C12H19NO3S/c1-9(7-14)8-17-10(2)12(15)13-6-11-4-3-5-16-11/h3-5,9-10,14H,6-8H2,1-2H3,(H,13,15). The fraction of sp³-hybridized carbons (Fsp3) is 0.583. The second kappa shape index (κ2) is 7.40. The molecule has 0 saturated carbocycles. The highest BCUT2D eigenvalue weighted by Gasteiger charge is 2.14. The lowest BCUT2D eigenvalue weighted by Crippen LogP contribution is -2.30. The first-order valence-corrected chi connectivity index (χ1v) is 6.71. The first-order valence-electron chi connectivity index (χ1n) is 5.66. The van der Waals surface area contributed by atoms with Gasteiger partial charge in [-0.25, -0.2) is 0 Å². The molecule has 0 aliphatic heterocycles. The quantitative estimate of drug-likeness (QED) is 0.779. The molecule has 0 bridgehead atoms. The van der Waals surface area contributed by atoms with E-state index in [0.717, 1.165) is 11.5 Å². The molecule has 1 amide bonds. The molecule has 0 saturated heterocycles. The summed E-state index contributed by atoms with van der Waals surface area (Å²) in [6.07, 6.45) is 1.59. The number of amides is 1. The summed E-state index contributed by atoms with van der Waals surface area (Å²) in [7, 11) is 0. The summed E-state index contributed by atoms with van der Waals surface area (Å²) in [5.74, 6) is 1.75. The van der Waals surface area contributed by atoms with Crippen molar-refractivity contribution in [2.24, 2.45) is 5.92 Å². The predicted octanol–water partition coefficient (Wildman–Crippen LogP) is 1.65. The highest BCUT2D eigenvalue weighted by molar-refractivity contribution is 8.00. The monoisotopic (exact) mass is 257 g/mol. The number of hydrogen-bond acceptors (Lipinski definition) is 4. The van der Waals surface area contributed by atoms with Crippen LogP contribution < -0.4 is 5.32 Å². The average molecular weight is 257 g/mol. The number of aliphatic hydroxyl groups is 1. The van der Waals surface area contributed by atoms with Crippen LogP contribution in [0.15, 0.2) is 22.8 Å². The zero-order chi connectivity index (χ0) is 12.7. The first-order chi connectivity index (χ1) is 8.13. The Hall–Kier alpha value is -0.940. The normalized spacial score (nSPS) is 14.3. The highest BCUT2D eigenvalue weighted by Crippen LogP contribution is 2.14. The molecule has 0 radical (unpaired) electrons. The van der Waals surface area contributed by atoms with Crippen molar-refractivity contribution in [3.63, 3.8) is 0 Å². The molecule has 4 nitrogen and oxygen atoms in total. The third kappa shape index (κ3) is 5.28. The van der Waals surface area contributed by atoms with Crippen LogP contribution in [0.5, 0.6) is 0 Å². The number of furan rings is 1. The molecule has 0 spiro atoms. The maximum absolute atomic E-state index is 11.7.